The van der Waals surface area contributed by atoms with Crippen LogP contribution in [0, 0.1) is 17.5 Å². The van der Waals surface area contributed by atoms with E-state index in [2.05, 4.69) is 4.98 Å². The van der Waals surface area contributed by atoms with Crippen molar-refractivity contribution in [2.24, 2.45) is 5.73 Å². The van der Waals surface area contributed by atoms with Gasteiger partial charge in [-0.25, -0.2) is 35.0 Å². The number of ketones is 4. The Balaban J connectivity index is 0.000000188. The highest BCUT2D eigenvalue weighted by atomic mass is 35.5. The zero-order valence-electron chi connectivity index (χ0n) is 42.0. The van der Waals surface area contributed by atoms with E-state index in [1.807, 2.05) is 37.3 Å². The molecule has 1 fully saturated rings. The van der Waals surface area contributed by atoms with Gasteiger partial charge < -0.3 is 14.9 Å². The van der Waals surface area contributed by atoms with Gasteiger partial charge in [0, 0.05) is 74.2 Å². The number of hydrogen-bond donors (Lipinski definition) is 1. The Kier molecular flexibility index (Phi) is 15.1. The van der Waals surface area contributed by atoms with Crippen LogP contribution >= 0.6 is 11.6 Å². The van der Waals surface area contributed by atoms with Crippen molar-refractivity contribution in [1.82, 2.24) is 14.1 Å². The number of hydrogen-bond acceptors (Lipinski definition) is 10. The van der Waals surface area contributed by atoms with E-state index in [0.29, 0.717) is 69.7 Å². The molecule has 0 spiro atoms. The van der Waals surface area contributed by atoms with Crippen LogP contribution in [-0.2, 0) is 55.2 Å². The van der Waals surface area contributed by atoms with E-state index >= 15 is 8.78 Å². The number of nitrogens with zero attached hydrogens (tertiary/aromatic N) is 3. The minimum absolute atomic E-state index is 0.0141. The third-order valence-electron chi connectivity index (χ3n) is 13.8. The molecule has 0 saturated heterocycles. The van der Waals surface area contributed by atoms with Crippen molar-refractivity contribution in [3.63, 3.8) is 0 Å². The summed E-state index contributed by atoms with van der Waals surface area (Å²) < 4.78 is 98.2. The van der Waals surface area contributed by atoms with Gasteiger partial charge in [-0.05, 0) is 91.4 Å². The van der Waals surface area contributed by atoms with Gasteiger partial charge in [-0.3, -0.25) is 24.0 Å². The Morgan fingerprint density at radius 1 is 0.675 bits per heavy atom. The summed E-state index contributed by atoms with van der Waals surface area (Å²) in [7, 11) is -7.47. The van der Waals surface area contributed by atoms with Crippen LogP contribution in [0.2, 0.25) is 5.15 Å². The Bertz CT molecular complexity index is 4070. The minimum Gasteiger partial charge on any atom is -0.366 e. The van der Waals surface area contributed by atoms with Crippen molar-refractivity contribution in [2.45, 2.75) is 70.7 Å². The molecule has 0 radical (unpaired) electrons. The fourth-order valence-electron chi connectivity index (χ4n) is 9.89. The normalized spacial score (nSPS) is 14.7. The van der Waals surface area contributed by atoms with Crippen molar-refractivity contribution in [3.05, 3.63) is 182 Å². The van der Waals surface area contributed by atoms with Gasteiger partial charge in [-0.15, -0.1) is 0 Å². The maximum Gasteiger partial charge on any atom is 0.248 e. The van der Waals surface area contributed by atoms with Crippen LogP contribution in [0.25, 0.3) is 43.9 Å². The number of amides is 1. The smallest absolute Gasteiger partial charge is 0.248 e. The molecule has 0 bridgehead atoms. The van der Waals surface area contributed by atoms with Gasteiger partial charge in [0.2, 0.25) is 5.91 Å². The lowest BCUT2D eigenvalue weighted by Gasteiger charge is -2.15. The lowest BCUT2D eigenvalue weighted by atomic mass is 9.92. The highest BCUT2D eigenvalue weighted by Crippen LogP contribution is 2.40. The molecule has 13 nitrogen and oxygen atoms in total. The maximum atomic E-state index is 15.1. The summed E-state index contributed by atoms with van der Waals surface area (Å²) in [5.41, 5.74) is 8.83. The number of carbonyl (C=O) groups is 5. The number of para-hydroxylation sites is 1. The second-order valence-corrected chi connectivity index (χ2v) is 24.0. The largest absolute Gasteiger partial charge is 0.366 e. The first-order valence-electron chi connectivity index (χ1n) is 24.7. The molecule has 0 aliphatic heterocycles. The Morgan fingerprint density at radius 3 is 1.69 bits per heavy atom. The Morgan fingerprint density at radius 2 is 1.19 bits per heavy atom. The molecule has 3 aliphatic carbocycles. The van der Waals surface area contributed by atoms with E-state index in [1.165, 1.54) is 28.8 Å². The highest BCUT2D eigenvalue weighted by molar-refractivity contribution is 7.93. The number of rotatable bonds is 16. The van der Waals surface area contributed by atoms with Gasteiger partial charge in [0.15, 0.2) is 42.8 Å². The van der Waals surface area contributed by atoms with Gasteiger partial charge in [0.05, 0.1) is 46.3 Å². The molecule has 4 aromatic carbocycles. The molecule has 19 heteroatoms. The molecule has 7 aromatic rings. The minimum atomic E-state index is -3.76. The zero-order chi connectivity index (χ0) is 55.2. The van der Waals surface area contributed by atoms with Gasteiger partial charge in [-0.2, -0.15) is 0 Å². The van der Waals surface area contributed by atoms with Crippen molar-refractivity contribution >= 4 is 104 Å². The summed E-state index contributed by atoms with van der Waals surface area (Å²) in [6.07, 6.45) is 12.8. The fraction of sp³-hybridized carbons (Fsp3) is 0.241. The van der Waals surface area contributed by atoms with Crippen LogP contribution in [-0.4, -0.2) is 83.0 Å². The summed E-state index contributed by atoms with van der Waals surface area (Å²) in [5, 5.41) is 1.30. The number of carbonyl (C=O) groups excluding carboxylic acids is 5. The Labute approximate surface area is 446 Å². The first-order chi connectivity index (χ1) is 36.6. The molecular formula is C58H50ClF3N4O9S2. The molecule has 1 saturated carbocycles. The van der Waals surface area contributed by atoms with Crippen molar-refractivity contribution < 1.29 is 54.0 Å². The monoisotopic (exact) mass is 1100 g/mol. The molecule has 1 amide bonds. The molecule has 77 heavy (non-hydrogen) atoms. The lowest BCUT2D eigenvalue weighted by Crippen LogP contribution is -2.24. The van der Waals surface area contributed by atoms with E-state index in [1.54, 1.807) is 60.1 Å². The predicted molar refractivity (Wildman–Crippen MR) is 291 cm³/mol. The average molecular weight is 1100 g/mol. The molecule has 3 aliphatic rings. The number of halogens is 4. The summed E-state index contributed by atoms with van der Waals surface area (Å²) in [6, 6.07) is 18.5. The molecule has 0 atom stereocenters. The van der Waals surface area contributed by atoms with Gasteiger partial charge in [-0.1, -0.05) is 80.1 Å². The number of nitrogens with two attached hydrogens (primary N) is 1. The number of benzene rings is 4. The molecule has 396 valence electrons. The maximum absolute atomic E-state index is 15.1. The molecule has 3 aromatic heterocycles. The average Bonchev–Trinajstić information content (AvgIpc) is 4.22. The predicted octanol–water partition coefficient (Wildman–Crippen LogP) is 10.0. The van der Waals surface area contributed by atoms with Gasteiger partial charge in [0.25, 0.3) is 0 Å². The SMILES string of the molecule is CCc1cc2c(C3=CC=CCC3=O)c(C(=O)CS(=O)(=O)C3CC3)n(Cc3cc(C(N)=O)ccc3F)c2cc1F.CCc1cc2c(C3=CC=CCC3=O)c(C(=O)CS(C)(=O)=O)n(Cc3cc4ccccc4nc3Cl)c2cc1F. The number of sulfone groups is 2. The number of pyridine rings is 1. The number of fused-ring (bicyclic) bond motifs is 3. The Hall–Kier alpha value is -7.54. The van der Waals surface area contributed by atoms with E-state index < -0.39 is 71.4 Å². The topological polar surface area (TPSA) is 202 Å². The van der Waals surface area contributed by atoms with E-state index in [4.69, 9.17) is 17.3 Å². The zero-order valence-corrected chi connectivity index (χ0v) is 44.4. The molecule has 3 heterocycles. The number of aryl methyl sites for hydroxylation is 2. The summed E-state index contributed by atoms with van der Waals surface area (Å²) in [5.74, 6) is -6.04. The van der Waals surface area contributed by atoms with Crippen molar-refractivity contribution in [2.75, 3.05) is 17.8 Å². The molecular weight excluding hydrogens is 1050 g/mol. The second-order valence-electron chi connectivity index (χ2n) is 19.2. The quantitative estimate of drug-likeness (QED) is 0.0717. The molecule has 2 N–H and O–H groups in total. The van der Waals surface area contributed by atoms with Crippen molar-refractivity contribution in [1.29, 1.82) is 0 Å². The van der Waals surface area contributed by atoms with E-state index in [0.717, 1.165) is 17.7 Å². The standard InChI is InChI=1S/C29H24ClFN2O4S.C29H26F2N2O5S/c1-3-17-13-21-24(14-22(17)31)33(15-19-12-18-8-4-6-10-23(18)32-29(19)30)28(26(35)16-38(2,36)37)27(21)20-9-5-7-11-25(20)34;1-2-16-12-21-24(13-23(16)31)33(14-18-11-17(29(32)36)7-10-22(18)30)28(26(35)15-39(37,38)19-8-9-19)27(21)20-5-3-4-6-25(20)34/h4-10,12-14H,3,11,15-16H2,1-2H3;3-5,7,10-13,19H,2,6,8-9,14-15H2,1H3,(H2,32,36). The van der Waals surface area contributed by atoms with Crippen LogP contribution in [0.4, 0.5) is 13.2 Å². The van der Waals surface area contributed by atoms with Gasteiger partial charge >= 0.3 is 0 Å². The fourth-order valence-corrected chi connectivity index (χ4v) is 12.3. The lowest BCUT2D eigenvalue weighted by molar-refractivity contribution is -0.113. The molecule has 10 rings (SSSR count). The summed E-state index contributed by atoms with van der Waals surface area (Å²) >= 11 is 6.55. The van der Waals surface area contributed by atoms with Crippen molar-refractivity contribution in [3.8, 4) is 0 Å². The number of allylic oxidation sites excluding steroid dienone is 8. The second kappa shape index (κ2) is 21.5. The molecule has 0 unspecified atom stereocenters. The van der Waals surface area contributed by atoms with Crippen LogP contribution in [0.3, 0.4) is 0 Å². The number of Topliss-reactive ketones (excluding diaryl/α,β-unsaturated/α-hetero) is 4. The van der Waals surface area contributed by atoms with Crippen LogP contribution in [0.15, 0.2) is 109 Å². The summed E-state index contributed by atoms with van der Waals surface area (Å²) in [6.45, 7) is 3.25. The number of primary amides is 1. The first kappa shape index (κ1) is 54.3. The third kappa shape index (κ3) is 11.0. The summed E-state index contributed by atoms with van der Waals surface area (Å²) in [4.78, 5) is 69.8. The van der Waals surface area contributed by atoms with E-state index in [9.17, 15) is 45.2 Å². The van der Waals surface area contributed by atoms with Crippen LogP contribution < -0.4 is 5.73 Å². The third-order valence-corrected chi connectivity index (χ3v) is 17.1. The van der Waals surface area contributed by atoms with Gasteiger partial charge in [0.1, 0.15) is 34.1 Å². The highest BCUT2D eigenvalue weighted by Gasteiger charge is 2.39. The van der Waals surface area contributed by atoms with Crippen LogP contribution in [0.1, 0.15) is 104 Å². The van der Waals surface area contributed by atoms with E-state index in [-0.39, 0.29) is 87.4 Å². The first-order valence-corrected chi connectivity index (χ1v) is 28.8. The number of aromatic nitrogens is 3. The van der Waals surface area contributed by atoms with Crippen LogP contribution in [0.5, 0.6) is 0 Å².